The van der Waals surface area contributed by atoms with Gasteiger partial charge in [0.15, 0.2) is 11.5 Å². The third-order valence-electron chi connectivity index (χ3n) is 9.80. The van der Waals surface area contributed by atoms with Crippen LogP contribution in [0.25, 0.3) is 0 Å². The summed E-state index contributed by atoms with van der Waals surface area (Å²) in [7, 11) is 1.32. The first-order chi connectivity index (χ1) is 25.1. The van der Waals surface area contributed by atoms with Crippen LogP contribution in [0.4, 0.5) is 8.78 Å². The number of carboxylic acids is 1. The van der Waals surface area contributed by atoms with Crippen LogP contribution >= 0.6 is 15.9 Å². The molecule has 54 heavy (non-hydrogen) atoms. The maximum Gasteiger partial charge on any atom is 0.347 e. The Hall–Kier alpha value is -5.37. The van der Waals surface area contributed by atoms with Crippen molar-refractivity contribution in [2.75, 3.05) is 7.11 Å². The largest absolute Gasteiger partial charge is 0.506 e. The summed E-state index contributed by atoms with van der Waals surface area (Å²) >= 11 is 3.24. The van der Waals surface area contributed by atoms with E-state index in [1.165, 1.54) is 53.0 Å². The molecule has 1 atom stereocenters. The summed E-state index contributed by atoms with van der Waals surface area (Å²) in [5.41, 5.74) is 2.15. The molecule has 2 N–H and O–H groups in total. The molecule has 0 heterocycles. The van der Waals surface area contributed by atoms with E-state index in [0.29, 0.717) is 27.8 Å². The first-order valence-corrected chi connectivity index (χ1v) is 17.3. The molecule has 0 saturated heterocycles. The molecule has 0 aliphatic heterocycles. The Morgan fingerprint density at radius 1 is 0.759 bits per heavy atom. The molecule has 14 heteroatoms. The second-order valence-corrected chi connectivity index (χ2v) is 13.9. The van der Waals surface area contributed by atoms with Gasteiger partial charge in [0.05, 0.1) is 18.2 Å². The predicted molar refractivity (Wildman–Crippen MR) is 196 cm³/mol. The Balaban J connectivity index is 1.67. The second kappa shape index (κ2) is 15.9. The minimum absolute atomic E-state index is 0.0506. The van der Waals surface area contributed by atoms with Crippen molar-refractivity contribution in [3.63, 3.8) is 0 Å². The van der Waals surface area contributed by atoms with Gasteiger partial charge in [0.25, 0.3) is 0 Å². The van der Waals surface area contributed by atoms with Crippen LogP contribution in [0, 0.1) is 61.3 Å². The van der Waals surface area contributed by atoms with E-state index in [2.05, 4.69) is 15.9 Å². The van der Waals surface area contributed by atoms with Gasteiger partial charge in [-0.1, -0.05) is 0 Å². The van der Waals surface area contributed by atoms with Gasteiger partial charge in [-0.15, -0.1) is 0 Å². The molecular weight excluding hydrogens is 774 g/mol. The average Bonchev–Trinajstić information content (AvgIpc) is 3.07. The number of esters is 3. The molecule has 4 rings (SSSR count). The van der Waals surface area contributed by atoms with Crippen LogP contribution < -0.4 is 14.2 Å². The number of aromatic carboxylic acids is 1. The number of halogens is 3. The van der Waals surface area contributed by atoms with Crippen molar-refractivity contribution in [2.24, 2.45) is 5.92 Å². The number of aromatic hydroxyl groups is 1. The highest BCUT2D eigenvalue weighted by atomic mass is 79.9. The van der Waals surface area contributed by atoms with Crippen molar-refractivity contribution < 1.29 is 61.9 Å². The van der Waals surface area contributed by atoms with Crippen molar-refractivity contribution in [1.82, 2.24) is 0 Å². The zero-order valence-electron chi connectivity index (χ0n) is 31.3. The number of benzene rings is 3. The SMILES string of the molecule is COC1=CC(=O)C=C(C)C1C(=O)Oc1c(C)c(C)c(C(=O)Oc2cc(C)c(C(=O)Oc3c(C)c(C)c(C(=O)O)c(C)c3CC(F)F)c(C)c2C)c(O)c1Br. The van der Waals surface area contributed by atoms with Crippen LogP contribution in [0.15, 0.2) is 34.0 Å². The van der Waals surface area contributed by atoms with E-state index in [1.54, 1.807) is 34.6 Å². The topological polar surface area (TPSA) is 163 Å². The van der Waals surface area contributed by atoms with Crippen LogP contribution in [-0.4, -0.2) is 53.4 Å². The number of phenolic OH excluding ortho intramolecular Hbond substituents is 1. The third-order valence-corrected chi connectivity index (χ3v) is 10.5. The molecule has 0 saturated carbocycles. The summed E-state index contributed by atoms with van der Waals surface area (Å²) in [4.78, 5) is 64.5. The number of allylic oxidation sites excluding steroid dienone is 2. The Morgan fingerprint density at radius 2 is 1.31 bits per heavy atom. The minimum atomic E-state index is -2.85. The summed E-state index contributed by atoms with van der Waals surface area (Å²) in [6.45, 7) is 13.8. The number of ketones is 1. The predicted octanol–water partition coefficient (Wildman–Crippen LogP) is 8.15. The van der Waals surface area contributed by atoms with Crippen molar-refractivity contribution >= 4 is 45.6 Å². The summed E-state index contributed by atoms with van der Waals surface area (Å²) in [6.07, 6.45) is -1.21. The first-order valence-electron chi connectivity index (χ1n) is 16.5. The van der Waals surface area contributed by atoms with Crippen molar-refractivity contribution in [3.8, 4) is 23.0 Å². The maximum absolute atomic E-state index is 13.7. The number of methoxy groups -OCH3 is 1. The quantitative estimate of drug-likeness (QED) is 0.150. The van der Waals surface area contributed by atoms with Crippen LogP contribution in [0.1, 0.15) is 88.1 Å². The van der Waals surface area contributed by atoms with Gasteiger partial charge in [-0.25, -0.2) is 23.2 Å². The van der Waals surface area contributed by atoms with Crippen molar-refractivity contribution in [3.05, 3.63) is 101 Å². The lowest BCUT2D eigenvalue weighted by Gasteiger charge is -2.23. The Labute approximate surface area is 318 Å². The lowest BCUT2D eigenvalue weighted by atomic mass is 9.90. The van der Waals surface area contributed by atoms with Gasteiger partial charge in [-0.2, -0.15) is 0 Å². The van der Waals surface area contributed by atoms with Crippen molar-refractivity contribution in [2.45, 2.75) is 75.2 Å². The molecular formula is C40H39BrF2O11. The van der Waals surface area contributed by atoms with E-state index in [-0.39, 0.29) is 77.8 Å². The number of phenols is 1. The molecule has 3 aromatic carbocycles. The number of carboxylic acid groups (broad SMARTS) is 1. The number of carbonyl (C=O) groups excluding carboxylic acids is 4. The van der Waals surface area contributed by atoms with Crippen LogP contribution in [-0.2, 0) is 20.7 Å². The normalized spacial score (nSPS) is 14.0. The number of hydrogen-bond acceptors (Lipinski definition) is 10. The number of ether oxygens (including phenoxy) is 4. The lowest BCUT2D eigenvalue weighted by molar-refractivity contribution is -0.137. The molecule has 0 bridgehead atoms. The highest BCUT2D eigenvalue weighted by Gasteiger charge is 2.34. The Morgan fingerprint density at radius 3 is 1.89 bits per heavy atom. The van der Waals surface area contributed by atoms with Crippen LogP contribution in [0.2, 0.25) is 0 Å². The van der Waals surface area contributed by atoms with E-state index in [0.717, 1.165) is 0 Å². The number of alkyl halides is 2. The highest BCUT2D eigenvalue weighted by Crippen LogP contribution is 2.44. The molecule has 1 aliphatic rings. The van der Waals surface area contributed by atoms with Gasteiger partial charge in [-0.05, 0) is 140 Å². The van der Waals surface area contributed by atoms with Gasteiger partial charge in [0, 0.05) is 18.1 Å². The third kappa shape index (κ3) is 7.65. The van der Waals surface area contributed by atoms with E-state index >= 15 is 0 Å². The van der Waals surface area contributed by atoms with Gasteiger partial charge in [0.1, 0.15) is 39.0 Å². The van der Waals surface area contributed by atoms with Gasteiger partial charge >= 0.3 is 23.9 Å². The number of rotatable bonds is 10. The Bertz CT molecular complexity index is 2190. The lowest BCUT2D eigenvalue weighted by Crippen LogP contribution is -2.28. The zero-order chi connectivity index (χ0) is 40.7. The fourth-order valence-electron chi connectivity index (χ4n) is 6.53. The minimum Gasteiger partial charge on any atom is -0.506 e. The molecule has 11 nitrogen and oxygen atoms in total. The summed E-state index contributed by atoms with van der Waals surface area (Å²) in [6, 6.07) is 1.42. The fourth-order valence-corrected chi connectivity index (χ4v) is 7.11. The molecule has 0 spiro atoms. The molecule has 1 aliphatic carbocycles. The number of hydrogen-bond donors (Lipinski definition) is 2. The van der Waals surface area contributed by atoms with E-state index < -0.39 is 48.4 Å². The monoisotopic (exact) mass is 812 g/mol. The highest BCUT2D eigenvalue weighted by molar-refractivity contribution is 9.10. The standard InChI is InChI=1S/C40H39BrF2O11/c1-15-11-24(44)13-27(51-10)30(15)39(49)54-36-22(8)20(6)32(34(45)33(36)41)40(50)52-26-12-16(2)29(18(4)17(26)3)38(48)53-35-21(7)19(5)31(37(46)47)23(9)25(35)14-28(42)43/h11-13,28,30,45H,14H2,1-10H3,(H,46,47). The zero-order valence-corrected chi connectivity index (χ0v) is 32.9. The van der Waals surface area contributed by atoms with Crippen molar-refractivity contribution in [1.29, 1.82) is 0 Å². The van der Waals surface area contributed by atoms with Gasteiger partial charge in [0.2, 0.25) is 6.43 Å². The fraction of sp³-hybridized carbons (Fsp3) is 0.325. The second-order valence-electron chi connectivity index (χ2n) is 13.1. The van der Waals surface area contributed by atoms with E-state index in [9.17, 15) is 43.0 Å². The van der Waals surface area contributed by atoms with Gasteiger partial charge in [-0.3, -0.25) is 9.59 Å². The van der Waals surface area contributed by atoms with E-state index in [4.69, 9.17) is 18.9 Å². The first kappa shape index (κ1) is 41.4. The van der Waals surface area contributed by atoms with Gasteiger partial charge < -0.3 is 29.2 Å². The summed E-state index contributed by atoms with van der Waals surface area (Å²) in [5, 5.41) is 20.9. The smallest absolute Gasteiger partial charge is 0.347 e. The molecule has 286 valence electrons. The molecule has 1 unspecified atom stereocenters. The molecule has 0 aromatic heterocycles. The Kier molecular flexibility index (Phi) is 12.2. The molecule has 0 radical (unpaired) electrons. The molecule has 0 amide bonds. The average molecular weight is 814 g/mol. The molecule has 0 fully saturated rings. The van der Waals surface area contributed by atoms with E-state index in [1.807, 2.05) is 0 Å². The molecule has 3 aromatic rings. The van der Waals surface area contributed by atoms with Crippen LogP contribution in [0.5, 0.6) is 23.0 Å². The maximum atomic E-state index is 13.7. The number of carbonyl (C=O) groups is 5. The summed E-state index contributed by atoms with van der Waals surface area (Å²) in [5.74, 6) is -5.93. The summed E-state index contributed by atoms with van der Waals surface area (Å²) < 4.78 is 49.6. The number of aryl methyl sites for hydroxylation is 1. The van der Waals surface area contributed by atoms with Crippen LogP contribution in [0.3, 0.4) is 0 Å².